The molecule has 0 bridgehead atoms. The molecule has 1 N–H and O–H groups in total. The minimum absolute atomic E-state index is 0.0427. The predicted octanol–water partition coefficient (Wildman–Crippen LogP) is 1.56. The number of nitrogens with one attached hydrogen (secondary N) is 1. The third-order valence-electron chi connectivity index (χ3n) is 4.38. The van der Waals surface area contributed by atoms with Gasteiger partial charge >= 0.3 is 5.69 Å². The highest BCUT2D eigenvalue weighted by Gasteiger charge is 2.17. The number of aryl methyl sites for hydroxylation is 1. The molecule has 0 radical (unpaired) electrons. The molecular weight excluding hydrogens is 322 g/mol. The Morgan fingerprint density at radius 2 is 1.92 bits per heavy atom. The van der Waals surface area contributed by atoms with Crippen LogP contribution >= 0.6 is 0 Å². The summed E-state index contributed by atoms with van der Waals surface area (Å²) in [4.78, 5) is 28.6. The molecule has 0 aliphatic carbocycles. The second kappa shape index (κ2) is 8.02. The molecule has 0 aliphatic rings. The van der Waals surface area contributed by atoms with Gasteiger partial charge in [0.1, 0.15) is 11.5 Å². The van der Waals surface area contributed by atoms with Crippen LogP contribution in [-0.4, -0.2) is 42.3 Å². The van der Waals surface area contributed by atoms with Crippen LogP contribution in [0.4, 0.5) is 0 Å². The molecule has 0 unspecified atom stereocenters. The highest BCUT2D eigenvalue weighted by Crippen LogP contribution is 2.31. The number of aromatic nitrogens is 2. The van der Waals surface area contributed by atoms with Crippen molar-refractivity contribution in [1.82, 2.24) is 14.5 Å². The summed E-state index contributed by atoms with van der Waals surface area (Å²) in [7, 11) is 5.18. The van der Waals surface area contributed by atoms with Crippen molar-refractivity contribution in [3.8, 4) is 11.5 Å². The first-order valence-electron chi connectivity index (χ1n) is 8.10. The van der Waals surface area contributed by atoms with Gasteiger partial charge < -0.3 is 14.5 Å². The van der Waals surface area contributed by atoms with Crippen molar-refractivity contribution in [1.29, 1.82) is 0 Å². The molecule has 2 aromatic rings. The van der Waals surface area contributed by atoms with Crippen LogP contribution in [0.5, 0.6) is 11.5 Å². The zero-order valence-electron chi connectivity index (χ0n) is 15.3. The molecule has 1 atom stereocenters. The standard InChI is InChI=1S/C18H25N3O4/c1-12-10-17(22)21(18(23)19-12)9-8-20(3)13(2)15-7-6-14(24-4)11-16(15)25-5/h6-7,10-11,13H,8-9H2,1-5H3,(H,19,23)/t13-/m0/s1. The molecule has 1 aromatic carbocycles. The second-order valence-electron chi connectivity index (χ2n) is 6.01. The average Bonchev–Trinajstić information content (AvgIpc) is 2.59. The van der Waals surface area contributed by atoms with Gasteiger partial charge in [-0.05, 0) is 27.0 Å². The van der Waals surface area contributed by atoms with E-state index in [-0.39, 0.29) is 17.3 Å². The van der Waals surface area contributed by atoms with E-state index in [0.717, 1.165) is 17.1 Å². The summed E-state index contributed by atoms with van der Waals surface area (Å²) in [6.45, 7) is 4.60. The highest BCUT2D eigenvalue weighted by atomic mass is 16.5. The van der Waals surface area contributed by atoms with E-state index in [4.69, 9.17) is 9.47 Å². The maximum Gasteiger partial charge on any atom is 0.328 e. The summed E-state index contributed by atoms with van der Waals surface area (Å²) >= 11 is 0. The Balaban J connectivity index is 2.15. The molecule has 0 spiro atoms. The van der Waals surface area contributed by atoms with E-state index >= 15 is 0 Å². The molecule has 0 saturated heterocycles. The summed E-state index contributed by atoms with van der Waals surface area (Å²) in [6.07, 6.45) is 0. The normalized spacial score (nSPS) is 12.2. The monoisotopic (exact) mass is 347 g/mol. The van der Waals surface area contributed by atoms with Crippen molar-refractivity contribution in [2.45, 2.75) is 26.4 Å². The molecule has 0 fully saturated rings. The lowest BCUT2D eigenvalue weighted by atomic mass is 10.1. The average molecular weight is 347 g/mol. The molecule has 0 amide bonds. The summed E-state index contributed by atoms with van der Waals surface area (Å²) in [5.74, 6) is 1.47. The number of H-pyrrole nitrogens is 1. The maximum absolute atomic E-state index is 12.0. The SMILES string of the molecule is COc1ccc([C@H](C)N(C)CCn2c(=O)cc(C)[nH]c2=O)c(OC)c1. The van der Waals surface area contributed by atoms with E-state index in [1.165, 1.54) is 10.6 Å². The number of aromatic amines is 1. The van der Waals surface area contributed by atoms with Gasteiger partial charge in [0.25, 0.3) is 5.56 Å². The Morgan fingerprint density at radius 1 is 1.20 bits per heavy atom. The van der Waals surface area contributed by atoms with Gasteiger partial charge in [0, 0.05) is 42.5 Å². The van der Waals surface area contributed by atoms with Gasteiger partial charge in [-0.3, -0.25) is 14.3 Å². The van der Waals surface area contributed by atoms with E-state index in [1.807, 2.05) is 32.2 Å². The summed E-state index contributed by atoms with van der Waals surface area (Å²) in [6, 6.07) is 7.16. The number of nitrogens with zero attached hydrogens (tertiary/aromatic N) is 2. The van der Waals surface area contributed by atoms with Gasteiger partial charge in [-0.2, -0.15) is 0 Å². The zero-order chi connectivity index (χ0) is 18.6. The van der Waals surface area contributed by atoms with Crippen molar-refractivity contribution < 1.29 is 9.47 Å². The van der Waals surface area contributed by atoms with Crippen LogP contribution in [0.2, 0.25) is 0 Å². The van der Waals surface area contributed by atoms with Crippen LogP contribution < -0.4 is 20.7 Å². The van der Waals surface area contributed by atoms with E-state index in [0.29, 0.717) is 18.8 Å². The Bertz CT molecular complexity index is 810. The first kappa shape index (κ1) is 18.8. The van der Waals surface area contributed by atoms with Crippen molar-refractivity contribution in [2.24, 2.45) is 0 Å². The topological polar surface area (TPSA) is 76.6 Å². The third-order valence-corrected chi connectivity index (χ3v) is 4.38. The molecule has 1 aromatic heterocycles. The Labute approximate surface area is 146 Å². The lowest BCUT2D eigenvalue weighted by Gasteiger charge is -2.26. The van der Waals surface area contributed by atoms with Crippen molar-refractivity contribution >= 4 is 0 Å². The summed E-state index contributed by atoms with van der Waals surface area (Å²) < 4.78 is 11.9. The van der Waals surface area contributed by atoms with Gasteiger partial charge in [-0.25, -0.2) is 4.79 Å². The van der Waals surface area contributed by atoms with Crippen LogP contribution in [0.1, 0.15) is 24.2 Å². The molecule has 136 valence electrons. The molecule has 7 nitrogen and oxygen atoms in total. The second-order valence-corrected chi connectivity index (χ2v) is 6.01. The number of benzene rings is 1. The Hall–Kier alpha value is -2.54. The van der Waals surface area contributed by atoms with Crippen LogP contribution in [0.15, 0.2) is 33.9 Å². The fraction of sp³-hybridized carbons (Fsp3) is 0.444. The minimum Gasteiger partial charge on any atom is -0.497 e. The molecule has 25 heavy (non-hydrogen) atoms. The lowest BCUT2D eigenvalue weighted by molar-refractivity contribution is 0.242. The summed E-state index contributed by atoms with van der Waals surface area (Å²) in [5, 5.41) is 0. The maximum atomic E-state index is 12.0. The molecule has 0 aliphatic heterocycles. The first-order valence-corrected chi connectivity index (χ1v) is 8.10. The molecule has 7 heteroatoms. The Kier molecular flexibility index (Phi) is 6.03. The number of hydrogen-bond donors (Lipinski definition) is 1. The fourth-order valence-electron chi connectivity index (χ4n) is 2.70. The third kappa shape index (κ3) is 4.30. The number of ether oxygens (including phenoxy) is 2. The number of rotatable bonds is 7. The summed E-state index contributed by atoms with van der Waals surface area (Å²) in [5.41, 5.74) is 0.907. The van der Waals surface area contributed by atoms with E-state index < -0.39 is 0 Å². The van der Waals surface area contributed by atoms with Crippen LogP contribution in [0.3, 0.4) is 0 Å². The van der Waals surface area contributed by atoms with Crippen LogP contribution in [0, 0.1) is 6.92 Å². The minimum atomic E-state index is -0.381. The van der Waals surface area contributed by atoms with Crippen LogP contribution in [0.25, 0.3) is 0 Å². The smallest absolute Gasteiger partial charge is 0.328 e. The van der Waals surface area contributed by atoms with Gasteiger partial charge in [0.15, 0.2) is 0 Å². The van der Waals surface area contributed by atoms with E-state index in [9.17, 15) is 9.59 Å². The van der Waals surface area contributed by atoms with Gasteiger partial charge in [0.05, 0.1) is 14.2 Å². The van der Waals surface area contributed by atoms with Crippen LogP contribution in [-0.2, 0) is 6.54 Å². The fourth-order valence-corrected chi connectivity index (χ4v) is 2.70. The first-order chi connectivity index (χ1) is 11.9. The molecule has 1 heterocycles. The van der Waals surface area contributed by atoms with Gasteiger partial charge in [0.2, 0.25) is 0 Å². The largest absolute Gasteiger partial charge is 0.497 e. The van der Waals surface area contributed by atoms with E-state index in [1.54, 1.807) is 21.1 Å². The van der Waals surface area contributed by atoms with Crippen molar-refractivity contribution in [3.63, 3.8) is 0 Å². The number of likely N-dealkylation sites (N-methyl/N-ethyl adjacent to an activating group) is 1. The quantitative estimate of drug-likeness (QED) is 0.822. The van der Waals surface area contributed by atoms with Crippen molar-refractivity contribution in [2.75, 3.05) is 27.8 Å². The number of hydrogen-bond acceptors (Lipinski definition) is 5. The zero-order valence-corrected chi connectivity index (χ0v) is 15.3. The van der Waals surface area contributed by atoms with E-state index in [2.05, 4.69) is 9.88 Å². The van der Waals surface area contributed by atoms with Gasteiger partial charge in [-0.15, -0.1) is 0 Å². The molecule has 2 rings (SSSR count). The predicted molar refractivity (Wildman–Crippen MR) is 96.7 cm³/mol. The van der Waals surface area contributed by atoms with Crippen molar-refractivity contribution in [3.05, 3.63) is 56.4 Å². The highest BCUT2D eigenvalue weighted by molar-refractivity contribution is 5.42. The molecular formula is C18H25N3O4. The Morgan fingerprint density at radius 3 is 2.52 bits per heavy atom. The number of methoxy groups -OCH3 is 2. The van der Waals surface area contributed by atoms with Gasteiger partial charge in [-0.1, -0.05) is 6.07 Å². The molecule has 0 saturated carbocycles. The lowest BCUT2D eigenvalue weighted by Crippen LogP contribution is -2.38.